The first-order chi connectivity index (χ1) is 8.27. The van der Waals surface area contributed by atoms with Gasteiger partial charge in [-0.3, -0.25) is 4.79 Å². The molecule has 0 aliphatic carbocycles. The maximum absolute atomic E-state index is 11.9. The first-order valence-corrected chi connectivity index (χ1v) is 5.74. The van der Waals surface area contributed by atoms with Crippen molar-refractivity contribution in [3.05, 3.63) is 22.9 Å². The highest BCUT2D eigenvalue weighted by molar-refractivity contribution is 5.72. The van der Waals surface area contributed by atoms with Crippen LogP contribution in [-0.2, 0) is 11.8 Å². The summed E-state index contributed by atoms with van der Waals surface area (Å²) in [6.07, 6.45) is 5.00. The van der Waals surface area contributed by atoms with Crippen molar-refractivity contribution < 1.29 is 4.74 Å². The first kappa shape index (κ1) is 10.5. The Kier molecular flexibility index (Phi) is 2.44. The van der Waals surface area contributed by atoms with Gasteiger partial charge in [0.2, 0.25) is 0 Å². The van der Waals surface area contributed by atoms with E-state index in [1.165, 1.54) is 4.57 Å². The van der Waals surface area contributed by atoms with Crippen LogP contribution in [0.4, 0.5) is 0 Å². The van der Waals surface area contributed by atoms with E-state index in [9.17, 15) is 4.79 Å². The fourth-order valence-electron chi connectivity index (χ4n) is 2.22. The molecule has 1 saturated heterocycles. The normalized spacial score (nSPS) is 17.7. The minimum Gasteiger partial charge on any atom is -0.381 e. The molecule has 90 valence electrons. The highest BCUT2D eigenvalue weighted by Gasteiger charge is 2.19. The Labute approximate surface area is 97.8 Å². The van der Waals surface area contributed by atoms with Gasteiger partial charge in [-0.25, -0.2) is 9.67 Å². The fraction of sp³-hybridized carbons (Fsp3) is 0.545. The summed E-state index contributed by atoms with van der Waals surface area (Å²) in [5, 5.41) is 4.89. The van der Waals surface area contributed by atoms with E-state index < -0.39 is 0 Å². The van der Waals surface area contributed by atoms with Crippen molar-refractivity contribution in [2.45, 2.75) is 18.9 Å². The molecule has 3 heterocycles. The van der Waals surface area contributed by atoms with E-state index in [-0.39, 0.29) is 5.56 Å². The van der Waals surface area contributed by atoms with Gasteiger partial charge < -0.3 is 9.30 Å². The number of rotatable bonds is 1. The van der Waals surface area contributed by atoms with Gasteiger partial charge in [-0.15, -0.1) is 0 Å². The van der Waals surface area contributed by atoms with E-state index >= 15 is 0 Å². The number of hydrogen-bond donors (Lipinski definition) is 0. The van der Waals surface area contributed by atoms with E-state index in [4.69, 9.17) is 4.74 Å². The molecule has 17 heavy (non-hydrogen) atoms. The first-order valence-electron chi connectivity index (χ1n) is 5.74. The van der Waals surface area contributed by atoms with Crippen LogP contribution in [0.1, 0.15) is 18.9 Å². The van der Waals surface area contributed by atoms with Crippen molar-refractivity contribution in [1.82, 2.24) is 19.3 Å². The van der Waals surface area contributed by atoms with Gasteiger partial charge in [0.25, 0.3) is 5.56 Å². The third-order valence-corrected chi connectivity index (χ3v) is 3.21. The van der Waals surface area contributed by atoms with Crippen LogP contribution < -0.4 is 5.56 Å². The summed E-state index contributed by atoms with van der Waals surface area (Å²) >= 11 is 0. The van der Waals surface area contributed by atoms with Crippen LogP contribution in [0.2, 0.25) is 0 Å². The van der Waals surface area contributed by atoms with Crippen molar-refractivity contribution in [2.75, 3.05) is 13.2 Å². The quantitative estimate of drug-likeness (QED) is 0.720. The highest BCUT2D eigenvalue weighted by atomic mass is 16.5. The summed E-state index contributed by atoms with van der Waals surface area (Å²) in [6.45, 7) is 1.49. The van der Waals surface area contributed by atoms with Gasteiger partial charge in [0.05, 0.1) is 18.6 Å². The lowest BCUT2D eigenvalue weighted by Crippen LogP contribution is -2.22. The molecule has 2 aromatic rings. The Balaban J connectivity index is 2.12. The Morgan fingerprint density at radius 2 is 2.18 bits per heavy atom. The number of ether oxygens (including phenoxy) is 1. The van der Waals surface area contributed by atoms with Crippen molar-refractivity contribution in [2.24, 2.45) is 7.05 Å². The summed E-state index contributed by atoms with van der Waals surface area (Å²) in [5.41, 5.74) is 0.633. The molecule has 0 bridgehead atoms. The average Bonchev–Trinajstić information content (AvgIpc) is 2.79. The van der Waals surface area contributed by atoms with Crippen LogP contribution in [0.25, 0.3) is 11.0 Å². The molecule has 6 nitrogen and oxygen atoms in total. The Bertz CT molecular complexity index is 595. The third kappa shape index (κ3) is 1.64. The Morgan fingerprint density at radius 3 is 2.94 bits per heavy atom. The van der Waals surface area contributed by atoms with Gasteiger partial charge in [-0.1, -0.05) is 0 Å². The van der Waals surface area contributed by atoms with Gasteiger partial charge in [0, 0.05) is 20.3 Å². The smallest absolute Gasteiger partial charge is 0.264 e. The predicted octanol–water partition coefficient (Wildman–Crippen LogP) is 0.481. The van der Waals surface area contributed by atoms with Gasteiger partial charge in [0.15, 0.2) is 5.65 Å². The zero-order valence-corrected chi connectivity index (χ0v) is 9.67. The highest BCUT2D eigenvalue weighted by Crippen LogP contribution is 2.22. The fourth-order valence-corrected chi connectivity index (χ4v) is 2.22. The van der Waals surface area contributed by atoms with Gasteiger partial charge in [-0.2, -0.15) is 5.10 Å². The molecular weight excluding hydrogens is 220 g/mol. The Morgan fingerprint density at radius 1 is 1.41 bits per heavy atom. The molecule has 0 N–H and O–H groups in total. The van der Waals surface area contributed by atoms with Crippen LogP contribution in [-0.4, -0.2) is 32.5 Å². The lowest BCUT2D eigenvalue weighted by atomic mass is 10.1. The lowest BCUT2D eigenvalue weighted by Gasteiger charge is -2.22. The van der Waals surface area contributed by atoms with Crippen molar-refractivity contribution in [1.29, 1.82) is 0 Å². The van der Waals surface area contributed by atoms with Gasteiger partial charge in [-0.05, 0) is 12.8 Å². The van der Waals surface area contributed by atoms with Crippen molar-refractivity contribution in [3.63, 3.8) is 0 Å². The lowest BCUT2D eigenvalue weighted by molar-refractivity contribution is 0.0673. The molecule has 6 heteroatoms. The van der Waals surface area contributed by atoms with Crippen molar-refractivity contribution >= 4 is 11.0 Å². The molecule has 1 aliphatic rings. The molecule has 0 spiro atoms. The summed E-state index contributed by atoms with van der Waals surface area (Å²) in [5.74, 6) is 0. The zero-order chi connectivity index (χ0) is 11.8. The van der Waals surface area contributed by atoms with Crippen LogP contribution in [0.15, 0.2) is 17.3 Å². The second-order valence-corrected chi connectivity index (χ2v) is 4.33. The molecule has 0 amide bonds. The van der Waals surface area contributed by atoms with Crippen molar-refractivity contribution in [3.8, 4) is 0 Å². The number of fused-ring (bicyclic) bond motifs is 1. The molecule has 1 fully saturated rings. The van der Waals surface area contributed by atoms with E-state index in [1.807, 2.05) is 4.68 Å². The molecule has 0 saturated carbocycles. The zero-order valence-electron chi connectivity index (χ0n) is 9.67. The number of aryl methyl sites for hydroxylation is 1. The van der Waals surface area contributed by atoms with Gasteiger partial charge >= 0.3 is 0 Å². The minimum atomic E-state index is -0.0479. The van der Waals surface area contributed by atoms with Gasteiger partial charge in [0.1, 0.15) is 5.39 Å². The standard InChI is InChI=1S/C11H14N4O2/c1-14-7-12-10-9(11(14)16)6-13-15(10)8-2-4-17-5-3-8/h6-8H,2-5H2,1H3. The topological polar surface area (TPSA) is 61.9 Å². The molecular formula is C11H14N4O2. The molecule has 2 aromatic heterocycles. The second-order valence-electron chi connectivity index (χ2n) is 4.33. The number of aromatic nitrogens is 4. The summed E-state index contributed by atoms with van der Waals surface area (Å²) < 4.78 is 8.66. The molecule has 0 atom stereocenters. The van der Waals surface area contributed by atoms with Crippen LogP contribution in [0, 0.1) is 0 Å². The Hall–Kier alpha value is -1.69. The summed E-state index contributed by atoms with van der Waals surface area (Å²) in [4.78, 5) is 16.2. The van der Waals surface area contributed by atoms with E-state index in [2.05, 4.69) is 10.1 Å². The molecule has 1 aliphatic heterocycles. The van der Waals surface area contributed by atoms with Crippen LogP contribution in [0.5, 0.6) is 0 Å². The maximum Gasteiger partial charge on any atom is 0.264 e. The SMILES string of the molecule is Cn1cnc2c(cnn2C2CCOCC2)c1=O. The third-order valence-electron chi connectivity index (χ3n) is 3.21. The minimum absolute atomic E-state index is 0.0479. The molecule has 3 rings (SSSR count). The largest absolute Gasteiger partial charge is 0.381 e. The average molecular weight is 234 g/mol. The summed E-state index contributed by atoms with van der Waals surface area (Å²) in [6, 6.07) is 0.292. The summed E-state index contributed by atoms with van der Waals surface area (Å²) in [7, 11) is 1.70. The van der Waals surface area contributed by atoms with E-state index in [1.54, 1.807) is 19.6 Å². The van der Waals surface area contributed by atoms with E-state index in [0.717, 1.165) is 26.1 Å². The maximum atomic E-state index is 11.9. The molecule has 0 unspecified atom stereocenters. The predicted molar refractivity (Wildman–Crippen MR) is 61.9 cm³/mol. The van der Waals surface area contributed by atoms with Crippen LogP contribution >= 0.6 is 0 Å². The van der Waals surface area contributed by atoms with E-state index in [0.29, 0.717) is 17.1 Å². The van der Waals surface area contributed by atoms with Crippen LogP contribution in [0.3, 0.4) is 0 Å². The number of hydrogen-bond acceptors (Lipinski definition) is 4. The second kappa shape index (κ2) is 3.96. The molecule has 0 aromatic carbocycles. The molecule has 0 radical (unpaired) electrons. The monoisotopic (exact) mass is 234 g/mol. The number of nitrogens with zero attached hydrogens (tertiary/aromatic N) is 4.